The second-order valence-corrected chi connectivity index (χ2v) is 11.0. The van der Waals surface area contributed by atoms with E-state index in [1.165, 1.54) is 12.0 Å². The third kappa shape index (κ3) is 6.59. The van der Waals surface area contributed by atoms with Crippen LogP contribution in [0.2, 0.25) is 0 Å². The average molecular weight is 556 g/mol. The summed E-state index contributed by atoms with van der Waals surface area (Å²) in [6, 6.07) is 15.9. The number of carbonyl (C=O) groups excluding carboxylic acids is 1. The normalized spacial score (nSPS) is 17.3. The zero-order valence-electron chi connectivity index (χ0n) is 24.7. The van der Waals surface area contributed by atoms with E-state index in [0.717, 1.165) is 55.2 Å². The summed E-state index contributed by atoms with van der Waals surface area (Å²) in [4.78, 5) is 29.4. The first-order valence-corrected chi connectivity index (χ1v) is 14.5. The van der Waals surface area contributed by atoms with Crippen LogP contribution in [0, 0.1) is 13.8 Å². The lowest BCUT2D eigenvalue weighted by Crippen LogP contribution is -2.47. The fraction of sp³-hybridized carbons (Fsp3) is 0.419. The highest BCUT2D eigenvalue weighted by Gasteiger charge is 2.32. The van der Waals surface area contributed by atoms with Gasteiger partial charge in [0, 0.05) is 61.6 Å². The molecule has 1 atom stereocenters. The van der Waals surface area contributed by atoms with E-state index < -0.39 is 0 Å². The fourth-order valence-electron chi connectivity index (χ4n) is 5.32. The van der Waals surface area contributed by atoms with Gasteiger partial charge in [-0.15, -0.1) is 0 Å². The first kappa shape index (κ1) is 28.4. The highest BCUT2D eigenvalue weighted by atomic mass is 16.2. The Kier molecular flexibility index (Phi) is 8.68. The number of benzene rings is 2. The van der Waals surface area contributed by atoms with Gasteiger partial charge in [0.1, 0.15) is 18.0 Å². The van der Waals surface area contributed by atoms with E-state index in [9.17, 15) is 4.79 Å². The molecule has 0 spiro atoms. The molecule has 0 bridgehead atoms. The Balaban J connectivity index is 1.35. The van der Waals surface area contributed by atoms with Crippen LogP contribution in [-0.4, -0.2) is 83.5 Å². The molecular formula is C31H41N9O. The molecule has 0 saturated carbocycles. The summed E-state index contributed by atoms with van der Waals surface area (Å²) >= 11 is 0. The molecule has 10 nitrogen and oxygen atoms in total. The minimum Gasteiger partial charge on any atom is -0.369 e. The van der Waals surface area contributed by atoms with Crippen LogP contribution in [0.1, 0.15) is 31.9 Å². The second-order valence-electron chi connectivity index (χ2n) is 11.0. The molecule has 0 aliphatic carbocycles. The smallest absolute Gasteiger partial charge is 0.328 e. The number of aryl methyl sites for hydroxylation is 2. The maximum atomic E-state index is 13.8. The molecule has 3 aromatic rings. The summed E-state index contributed by atoms with van der Waals surface area (Å²) in [5.74, 6) is 1.11. The number of urea groups is 1. The van der Waals surface area contributed by atoms with Crippen LogP contribution in [0.15, 0.2) is 60.0 Å². The molecule has 2 aliphatic rings. The maximum Gasteiger partial charge on any atom is 0.328 e. The van der Waals surface area contributed by atoms with Crippen molar-refractivity contribution in [1.82, 2.24) is 19.9 Å². The highest BCUT2D eigenvalue weighted by molar-refractivity contribution is 6.05. The molecule has 0 radical (unpaired) electrons. The van der Waals surface area contributed by atoms with Gasteiger partial charge >= 0.3 is 6.03 Å². The van der Waals surface area contributed by atoms with Gasteiger partial charge in [-0.1, -0.05) is 25.1 Å². The molecule has 10 heteroatoms. The Labute approximate surface area is 243 Å². The van der Waals surface area contributed by atoms with Gasteiger partial charge < -0.3 is 20.4 Å². The lowest BCUT2D eigenvalue weighted by atomic mass is 10.1. The minimum absolute atomic E-state index is 0.223. The molecule has 1 aromatic heterocycles. The van der Waals surface area contributed by atoms with Gasteiger partial charge in [-0.3, -0.25) is 9.91 Å². The lowest BCUT2D eigenvalue weighted by Gasteiger charge is -2.35. The molecule has 1 saturated heterocycles. The number of hydrazone groups is 1. The molecular weight excluding hydrogens is 514 g/mol. The predicted molar refractivity (Wildman–Crippen MR) is 168 cm³/mol. The van der Waals surface area contributed by atoms with Crippen molar-refractivity contribution < 1.29 is 4.79 Å². The molecule has 3 heterocycles. The first-order chi connectivity index (χ1) is 19.8. The average Bonchev–Trinajstić information content (AvgIpc) is 3.46. The number of nitrogens with zero attached hydrogens (tertiary/aromatic N) is 7. The summed E-state index contributed by atoms with van der Waals surface area (Å²) in [6.07, 6.45) is 3.31. The third-order valence-electron chi connectivity index (χ3n) is 7.84. The van der Waals surface area contributed by atoms with Crippen molar-refractivity contribution in [1.29, 1.82) is 0 Å². The van der Waals surface area contributed by atoms with Gasteiger partial charge in [-0.2, -0.15) is 5.10 Å². The zero-order chi connectivity index (χ0) is 28.9. The molecule has 2 aliphatic heterocycles. The van der Waals surface area contributed by atoms with Gasteiger partial charge in [-0.25, -0.2) is 14.8 Å². The lowest BCUT2D eigenvalue weighted by molar-refractivity contribution is 0.241. The SMILES string of the molecule is CCN1CCN(c2ccc(Nc3cc(N(C(=O)Nc4c(C)cccc4C)C4C=NN(C(C)C)C4)ncn3)cc2)CC1. The molecule has 216 valence electrons. The number of anilines is 5. The topological polar surface area (TPSA) is 92.2 Å². The van der Waals surface area contributed by atoms with Crippen molar-refractivity contribution in [2.75, 3.05) is 59.7 Å². The Bertz CT molecular complexity index is 1350. The first-order valence-electron chi connectivity index (χ1n) is 14.5. The molecule has 2 amide bonds. The Hall–Kier alpha value is -4.18. The molecule has 2 aromatic carbocycles. The Morgan fingerprint density at radius 3 is 2.37 bits per heavy atom. The standard InChI is InChI=1S/C31H41N9O/c1-6-37-14-16-38(17-15-37)26-12-10-25(11-13-26)35-28-18-29(33-21-32-28)40(27-19-34-39(20-27)22(2)3)31(41)36-30-23(4)8-7-9-24(30)5/h7-13,18-19,21-22,27H,6,14-17,20H2,1-5H3,(H,36,41)(H,32,33,35). The number of amides is 2. The van der Waals surface area contributed by atoms with Crippen LogP contribution >= 0.6 is 0 Å². The van der Waals surface area contributed by atoms with Crippen molar-refractivity contribution in [3.63, 3.8) is 0 Å². The van der Waals surface area contributed by atoms with E-state index in [-0.39, 0.29) is 18.1 Å². The molecule has 1 unspecified atom stereocenters. The minimum atomic E-state index is -0.281. The number of nitrogens with one attached hydrogen (secondary N) is 2. The monoisotopic (exact) mass is 555 g/mol. The van der Waals surface area contributed by atoms with E-state index in [0.29, 0.717) is 18.2 Å². The number of hydrogen-bond donors (Lipinski definition) is 2. The van der Waals surface area contributed by atoms with Crippen molar-refractivity contribution in [3.8, 4) is 0 Å². The van der Waals surface area contributed by atoms with Gasteiger partial charge in [0.25, 0.3) is 0 Å². The van der Waals surface area contributed by atoms with Crippen LogP contribution in [-0.2, 0) is 0 Å². The van der Waals surface area contributed by atoms with E-state index in [4.69, 9.17) is 0 Å². The third-order valence-corrected chi connectivity index (χ3v) is 7.84. The van der Waals surface area contributed by atoms with E-state index >= 15 is 0 Å². The second kappa shape index (κ2) is 12.6. The largest absolute Gasteiger partial charge is 0.369 e. The number of rotatable bonds is 8. The van der Waals surface area contributed by atoms with Crippen molar-refractivity contribution >= 4 is 40.9 Å². The number of piperazine rings is 1. The number of carbonyl (C=O) groups is 1. The van der Waals surface area contributed by atoms with E-state index in [1.54, 1.807) is 4.90 Å². The fourth-order valence-corrected chi connectivity index (χ4v) is 5.32. The summed E-state index contributed by atoms with van der Waals surface area (Å²) in [6.45, 7) is 16.3. The number of aromatic nitrogens is 2. The van der Waals surface area contributed by atoms with Crippen LogP contribution in [0.3, 0.4) is 0 Å². The van der Waals surface area contributed by atoms with Crippen LogP contribution < -0.4 is 20.4 Å². The van der Waals surface area contributed by atoms with E-state index in [2.05, 4.69) is 80.5 Å². The van der Waals surface area contributed by atoms with Gasteiger partial charge in [-0.05, 0) is 69.6 Å². The number of likely N-dealkylation sites (N-methyl/N-ethyl adjacent to an activating group) is 1. The number of para-hydroxylation sites is 1. The van der Waals surface area contributed by atoms with Gasteiger partial charge in [0.15, 0.2) is 0 Å². The molecule has 2 N–H and O–H groups in total. The summed E-state index contributed by atoms with van der Waals surface area (Å²) in [5.41, 5.74) is 4.96. The summed E-state index contributed by atoms with van der Waals surface area (Å²) < 4.78 is 0. The van der Waals surface area contributed by atoms with Gasteiger partial charge in [0.2, 0.25) is 0 Å². The number of hydrogen-bond acceptors (Lipinski definition) is 8. The quantitative estimate of drug-likeness (QED) is 0.400. The van der Waals surface area contributed by atoms with Gasteiger partial charge in [0.05, 0.1) is 12.6 Å². The Morgan fingerprint density at radius 2 is 1.73 bits per heavy atom. The summed E-state index contributed by atoms with van der Waals surface area (Å²) in [7, 11) is 0. The Morgan fingerprint density at radius 1 is 1.02 bits per heavy atom. The molecule has 5 rings (SSSR count). The van der Waals surface area contributed by atoms with E-state index in [1.807, 2.05) is 49.3 Å². The van der Waals surface area contributed by atoms with Crippen molar-refractivity contribution in [3.05, 3.63) is 66.0 Å². The van der Waals surface area contributed by atoms with Crippen LogP contribution in [0.5, 0.6) is 0 Å². The maximum absolute atomic E-state index is 13.8. The summed E-state index contributed by atoms with van der Waals surface area (Å²) in [5, 5.41) is 13.1. The molecule has 41 heavy (non-hydrogen) atoms. The van der Waals surface area contributed by atoms with Crippen molar-refractivity contribution in [2.24, 2.45) is 5.10 Å². The van der Waals surface area contributed by atoms with Crippen LogP contribution in [0.25, 0.3) is 0 Å². The highest BCUT2D eigenvalue weighted by Crippen LogP contribution is 2.26. The predicted octanol–water partition coefficient (Wildman–Crippen LogP) is 5.10. The van der Waals surface area contributed by atoms with Crippen molar-refractivity contribution in [2.45, 2.75) is 46.7 Å². The molecule has 1 fully saturated rings. The zero-order valence-corrected chi connectivity index (χ0v) is 24.7. The van der Waals surface area contributed by atoms with Crippen LogP contribution in [0.4, 0.5) is 33.5 Å².